The summed E-state index contributed by atoms with van der Waals surface area (Å²) in [5, 5.41) is 5.06. The molecule has 2 aromatic carbocycles. The molecule has 0 heterocycles. The van der Waals surface area contributed by atoms with E-state index in [9.17, 15) is 13.6 Å². The molecule has 4 nitrogen and oxygen atoms in total. The molecule has 25 heavy (non-hydrogen) atoms. The first-order valence-corrected chi connectivity index (χ1v) is 8.06. The summed E-state index contributed by atoms with van der Waals surface area (Å²) in [4.78, 5) is 11.5. The second kappa shape index (κ2) is 8.46. The maximum absolute atomic E-state index is 13.0. The van der Waals surface area contributed by atoms with E-state index < -0.39 is 12.5 Å². The van der Waals surface area contributed by atoms with E-state index in [1.165, 1.54) is 30.8 Å². The van der Waals surface area contributed by atoms with Crippen LogP contribution >= 0.6 is 0 Å². The van der Waals surface area contributed by atoms with Crippen LogP contribution in [0.5, 0.6) is 5.75 Å². The standard InChI is InChI=1S/C19H22F2N2O2/c1-4-13-5-8-17(12(2)9-13)25-11-15-10-14(18(20)21)6-7-16(15)23-19(24)22-3/h5-10,18H,4,11H2,1-3H3,(H2,22,23,24). The SMILES string of the molecule is CCc1ccc(OCc2cc(C(F)F)ccc2NC(=O)NC)c(C)c1. The van der Waals surface area contributed by atoms with E-state index in [2.05, 4.69) is 17.6 Å². The van der Waals surface area contributed by atoms with Crippen molar-refractivity contribution in [2.75, 3.05) is 12.4 Å². The Bertz CT molecular complexity index is 748. The molecule has 0 saturated carbocycles. The van der Waals surface area contributed by atoms with Crippen molar-refractivity contribution in [3.63, 3.8) is 0 Å². The molecule has 2 amide bonds. The van der Waals surface area contributed by atoms with Crippen molar-refractivity contribution in [3.05, 3.63) is 58.7 Å². The van der Waals surface area contributed by atoms with E-state index in [0.29, 0.717) is 17.0 Å². The van der Waals surface area contributed by atoms with Crippen LogP contribution in [0.25, 0.3) is 0 Å². The van der Waals surface area contributed by atoms with Crippen molar-refractivity contribution in [2.24, 2.45) is 0 Å². The van der Waals surface area contributed by atoms with E-state index in [4.69, 9.17) is 4.74 Å². The quantitative estimate of drug-likeness (QED) is 0.786. The predicted octanol–water partition coefficient (Wildman–Crippen LogP) is 4.83. The summed E-state index contributed by atoms with van der Waals surface area (Å²) in [5.41, 5.74) is 2.99. The molecule has 0 aliphatic carbocycles. The molecule has 0 radical (unpaired) electrons. The lowest BCUT2D eigenvalue weighted by Gasteiger charge is -2.15. The Hall–Kier alpha value is -2.63. The number of benzene rings is 2. The zero-order chi connectivity index (χ0) is 18.4. The molecule has 2 rings (SSSR count). The first-order chi connectivity index (χ1) is 11.9. The number of halogens is 2. The van der Waals surface area contributed by atoms with Crippen LogP contribution in [0.2, 0.25) is 0 Å². The first kappa shape index (κ1) is 18.7. The van der Waals surface area contributed by atoms with Gasteiger partial charge in [-0.1, -0.05) is 25.1 Å². The van der Waals surface area contributed by atoms with Gasteiger partial charge in [0, 0.05) is 23.9 Å². The van der Waals surface area contributed by atoms with E-state index in [1.807, 2.05) is 25.1 Å². The van der Waals surface area contributed by atoms with Gasteiger partial charge >= 0.3 is 6.03 Å². The number of hydrogen-bond donors (Lipinski definition) is 2. The Morgan fingerprint density at radius 1 is 1.20 bits per heavy atom. The number of amides is 2. The number of nitrogens with one attached hydrogen (secondary N) is 2. The molecule has 0 fully saturated rings. The van der Waals surface area contributed by atoms with Crippen LogP contribution in [0.4, 0.5) is 19.3 Å². The molecule has 2 aromatic rings. The average Bonchev–Trinajstić information content (AvgIpc) is 2.61. The van der Waals surface area contributed by atoms with E-state index in [0.717, 1.165) is 12.0 Å². The highest BCUT2D eigenvalue weighted by Crippen LogP contribution is 2.27. The van der Waals surface area contributed by atoms with Crippen LogP contribution in [0, 0.1) is 6.92 Å². The molecule has 2 N–H and O–H groups in total. The molecule has 0 unspecified atom stereocenters. The third kappa shape index (κ3) is 4.92. The molecular formula is C19H22F2N2O2. The summed E-state index contributed by atoms with van der Waals surface area (Å²) in [5.74, 6) is 0.686. The Balaban J connectivity index is 2.23. The second-order valence-electron chi connectivity index (χ2n) is 5.66. The highest BCUT2D eigenvalue weighted by molar-refractivity contribution is 5.89. The molecule has 134 valence electrons. The van der Waals surface area contributed by atoms with Gasteiger partial charge in [-0.2, -0.15) is 0 Å². The molecule has 0 aliphatic rings. The van der Waals surface area contributed by atoms with Gasteiger partial charge in [0.1, 0.15) is 12.4 Å². The summed E-state index contributed by atoms with van der Waals surface area (Å²) >= 11 is 0. The predicted molar refractivity (Wildman–Crippen MR) is 94.4 cm³/mol. The number of alkyl halides is 2. The second-order valence-corrected chi connectivity index (χ2v) is 5.66. The van der Waals surface area contributed by atoms with Gasteiger partial charge in [0.15, 0.2) is 0 Å². The maximum Gasteiger partial charge on any atom is 0.318 e. The smallest absolute Gasteiger partial charge is 0.318 e. The Morgan fingerprint density at radius 3 is 2.56 bits per heavy atom. The summed E-state index contributed by atoms with van der Waals surface area (Å²) in [7, 11) is 1.48. The summed E-state index contributed by atoms with van der Waals surface area (Å²) in [6, 6.07) is 9.57. The van der Waals surface area contributed by atoms with Crippen LogP contribution in [0.1, 0.15) is 35.6 Å². The van der Waals surface area contributed by atoms with E-state index >= 15 is 0 Å². The van der Waals surface area contributed by atoms with Crippen LogP contribution in [-0.2, 0) is 13.0 Å². The maximum atomic E-state index is 13.0. The zero-order valence-corrected chi connectivity index (χ0v) is 14.5. The largest absolute Gasteiger partial charge is 0.489 e. The van der Waals surface area contributed by atoms with Crippen molar-refractivity contribution in [3.8, 4) is 5.75 Å². The lowest BCUT2D eigenvalue weighted by atomic mass is 10.1. The Kier molecular flexibility index (Phi) is 6.33. The number of hydrogen-bond acceptors (Lipinski definition) is 2. The number of carbonyl (C=O) groups excluding carboxylic acids is 1. The topological polar surface area (TPSA) is 50.4 Å². The molecule has 0 bridgehead atoms. The van der Waals surface area contributed by atoms with Crippen molar-refractivity contribution >= 4 is 11.7 Å². The summed E-state index contributed by atoms with van der Waals surface area (Å²) in [6.45, 7) is 4.09. The molecule has 0 aliphatic heterocycles. The van der Waals surface area contributed by atoms with Gasteiger partial charge in [0.25, 0.3) is 6.43 Å². The van der Waals surface area contributed by atoms with Crippen LogP contribution in [-0.4, -0.2) is 13.1 Å². The van der Waals surface area contributed by atoms with E-state index in [-0.39, 0.29) is 12.2 Å². The van der Waals surface area contributed by atoms with Crippen molar-refractivity contribution in [1.29, 1.82) is 0 Å². The van der Waals surface area contributed by atoms with Gasteiger partial charge in [-0.05, 0) is 42.7 Å². The fourth-order valence-electron chi connectivity index (χ4n) is 2.42. The average molecular weight is 348 g/mol. The van der Waals surface area contributed by atoms with Crippen molar-refractivity contribution in [2.45, 2.75) is 33.3 Å². The summed E-state index contributed by atoms with van der Waals surface area (Å²) in [6.07, 6.45) is -1.66. The number of carbonyl (C=O) groups is 1. The van der Waals surface area contributed by atoms with Crippen molar-refractivity contribution in [1.82, 2.24) is 5.32 Å². The van der Waals surface area contributed by atoms with Crippen LogP contribution in [0.15, 0.2) is 36.4 Å². The highest BCUT2D eigenvalue weighted by atomic mass is 19.3. The third-order valence-electron chi connectivity index (χ3n) is 3.89. The number of anilines is 1. The lowest BCUT2D eigenvalue weighted by molar-refractivity contribution is 0.151. The van der Waals surface area contributed by atoms with Gasteiger partial charge in [-0.25, -0.2) is 13.6 Å². The number of ether oxygens (including phenoxy) is 1. The van der Waals surface area contributed by atoms with Gasteiger partial charge in [0.2, 0.25) is 0 Å². The monoisotopic (exact) mass is 348 g/mol. The van der Waals surface area contributed by atoms with Gasteiger partial charge in [-0.3, -0.25) is 0 Å². The van der Waals surface area contributed by atoms with Crippen molar-refractivity contribution < 1.29 is 18.3 Å². The molecule has 0 spiro atoms. The highest BCUT2D eigenvalue weighted by Gasteiger charge is 2.13. The minimum Gasteiger partial charge on any atom is -0.489 e. The van der Waals surface area contributed by atoms with Crippen LogP contribution in [0.3, 0.4) is 0 Å². The minimum atomic E-state index is -2.58. The number of rotatable bonds is 6. The normalized spacial score (nSPS) is 10.6. The van der Waals surface area contributed by atoms with Crippen LogP contribution < -0.4 is 15.4 Å². The fraction of sp³-hybridized carbons (Fsp3) is 0.316. The fourth-order valence-corrected chi connectivity index (χ4v) is 2.42. The Morgan fingerprint density at radius 2 is 1.96 bits per heavy atom. The molecule has 6 heteroatoms. The third-order valence-corrected chi connectivity index (χ3v) is 3.89. The first-order valence-electron chi connectivity index (χ1n) is 8.06. The number of urea groups is 1. The van der Waals surface area contributed by atoms with Gasteiger partial charge in [0.05, 0.1) is 0 Å². The molecular weight excluding hydrogens is 326 g/mol. The van der Waals surface area contributed by atoms with Gasteiger partial charge in [-0.15, -0.1) is 0 Å². The van der Waals surface area contributed by atoms with Gasteiger partial charge < -0.3 is 15.4 Å². The minimum absolute atomic E-state index is 0.0756. The Labute approximate surface area is 146 Å². The lowest BCUT2D eigenvalue weighted by Crippen LogP contribution is -2.25. The zero-order valence-electron chi connectivity index (χ0n) is 14.5. The molecule has 0 aromatic heterocycles. The number of aryl methyl sites for hydroxylation is 2. The summed E-state index contributed by atoms with van der Waals surface area (Å²) < 4.78 is 31.8. The molecule has 0 saturated heterocycles. The molecule has 0 atom stereocenters. The van der Waals surface area contributed by atoms with E-state index in [1.54, 1.807) is 0 Å².